The van der Waals surface area contributed by atoms with E-state index in [4.69, 9.17) is 4.42 Å². The zero-order valence-corrected chi connectivity index (χ0v) is 54.4. The standard InChI is InChI=1S/C93H67BN2O3/c97-94(98)79-51-57-83(58-52-79)95(81-53-46-73(47-54-81)66-16-6-2-7-17-66)82-55-48-74(49-56-82)72-40-38-71(39-41-72)70-36-34-69(35-37-70)68-32-28-64(29-33-68)61-78(60-63-26-30-67(31-27-63)65-14-4-1-5-15-65)75-42-44-76(45-43-75)84-21-12-23-87-88-24-13-22-85(93(88)99-92(84)87)77-50-59-91-89(62-77)86-20-10-11-25-90(86)96(91)80-18-8-3-9-19-80/h1-30,32-60,62,67,97-98H,31,61H2/b78-60-. The van der Waals surface area contributed by atoms with E-state index >= 15 is 0 Å². The van der Waals surface area contributed by atoms with Gasteiger partial charge >= 0.3 is 7.12 Å². The summed E-state index contributed by atoms with van der Waals surface area (Å²) in [5.74, 6) is 0.357. The molecule has 2 heterocycles. The maximum Gasteiger partial charge on any atom is 0.488 e. The number of rotatable bonds is 16. The second-order valence-corrected chi connectivity index (χ2v) is 25.7. The molecule has 17 rings (SSSR count). The number of benzene rings is 14. The number of hydrogen-bond donors (Lipinski definition) is 2. The smallest absolute Gasteiger partial charge is 0.455 e. The molecule has 2 aromatic heterocycles. The van der Waals surface area contributed by atoms with Crippen molar-refractivity contribution < 1.29 is 14.5 Å². The summed E-state index contributed by atoms with van der Waals surface area (Å²) in [5, 5.41) is 24.3. The van der Waals surface area contributed by atoms with E-state index in [2.05, 4.69) is 343 Å². The topological polar surface area (TPSA) is 61.8 Å². The van der Waals surface area contributed by atoms with E-state index in [-0.39, 0.29) is 0 Å². The highest BCUT2D eigenvalue weighted by Gasteiger charge is 2.21. The monoisotopic (exact) mass is 1270 g/mol. The van der Waals surface area contributed by atoms with E-state index in [0.717, 1.165) is 113 Å². The number of fused-ring (bicyclic) bond motifs is 6. The van der Waals surface area contributed by atoms with E-state index in [9.17, 15) is 10.0 Å². The zero-order valence-electron chi connectivity index (χ0n) is 54.4. The summed E-state index contributed by atoms with van der Waals surface area (Å²) in [5.41, 5.74) is 28.4. The second-order valence-electron chi connectivity index (χ2n) is 25.7. The van der Waals surface area contributed by atoms with Crippen LogP contribution in [0.5, 0.6) is 0 Å². The number of furan rings is 1. The lowest BCUT2D eigenvalue weighted by molar-refractivity contribution is 0.426. The lowest BCUT2D eigenvalue weighted by atomic mass is 9.80. The number of allylic oxidation sites excluding steroid dienone is 6. The minimum atomic E-state index is -1.54. The van der Waals surface area contributed by atoms with E-state index in [1.165, 1.54) is 60.8 Å². The van der Waals surface area contributed by atoms with Gasteiger partial charge in [-0.1, -0.05) is 297 Å². The lowest BCUT2D eigenvalue weighted by Gasteiger charge is -2.26. The molecule has 0 aliphatic heterocycles. The Labute approximate surface area is 576 Å². The summed E-state index contributed by atoms with van der Waals surface area (Å²) < 4.78 is 9.44. The fraction of sp³-hybridized carbons (Fsp3) is 0.0323. The predicted molar refractivity (Wildman–Crippen MR) is 414 cm³/mol. The molecule has 0 fully saturated rings. The van der Waals surface area contributed by atoms with Crippen LogP contribution in [0.4, 0.5) is 17.1 Å². The minimum absolute atomic E-state index is 0.357. The molecule has 5 nitrogen and oxygen atoms in total. The highest BCUT2D eigenvalue weighted by Crippen LogP contribution is 2.44. The quantitative estimate of drug-likeness (QED) is 0.0947. The third kappa shape index (κ3) is 12.0. The van der Waals surface area contributed by atoms with E-state index in [0.29, 0.717) is 11.4 Å². The average Bonchev–Trinajstić information content (AvgIpc) is 1.59. The molecule has 0 bridgehead atoms. The number of nitrogens with zero attached hydrogens (tertiary/aromatic N) is 2. The van der Waals surface area contributed by atoms with Crippen molar-refractivity contribution in [2.45, 2.75) is 18.8 Å². The Kier molecular flexibility index (Phi) is 16.1. The van der Waals surface area contributed by atoms with Crippen LogP contribution in [0.2, 0.25) is 0 Å². The highest BCUT2D eigenvalue weighted by atomic mass is 16.4. The molecule has 0 radical (unpaired) electrons. The van der Waals surface area contributed by atoms with Crippen LogP contribution >= 0.6 is 0 Å². The molecule has 1 unspecified atom stereocenters. The Morgan fingerprint density at radius 3 is 1.39 bits per heavy atom. The fourth-order valence-electron chi connectivity index (χ4n) is 14.5. The summed E-state index contributed by atoms with van der Waals surface area (Å²) in [4.78, 5) is 2.19. The van der Waals surface area contributed by atoms with Crippen LogP contribution in [0.15, 0.2) is 374 Å². The van der Waals surface area contributed by atoms with Crippen LogP contribution in [0.3, 0.4) is 0 Å². The van der Waals surface area contributed by atoms with Crippen molar-refractivity contribution in [3.63, 3.8) is 0 Å². The Morgan fingerprint density at radius 2 is 0.848 bits per heavy atom. The van der Waals surface area contributed by atoms with Crippen molar-refractivity contribution in [1.82, 2.24) is 4.57 Å². The van der Waals surface area contributed by atoms with Gasteiger partial charge in [0.05, 0.1) is 11.0 Å². The first kappa shape index (κ1) is 60.4. The number of aromatic nitrogens is 1. The molecule has 0 amide bonds. The molecule has 99 heavy (non-hydrogen) atoms. The van der Waals surface area contributed by atoms with Crippen molar-refractivity contribution >= 4 is 79.0 Å². The molecule has 14 aromatic carbocycles. The highest BCUT2D eigenvalue weighted by molar-refractivity contribution is 6.58. The molecule has 1 atom stereocenters. The van der Waals surface area contributed by atoms with Crippen LogP contribution < -0.4 is 10.4 Å². The Hall–Kier alpha value is -12.3. The van der Waals surface area contributed by atoms with Crippen molar-refractivity contribution in [1.29, 1.82) is 0 Å². The van der Waals surface area contributed by atoms with Crippen molar-refractivity contribution in [2.75, 3.05) is 4.90 Å². The minimum Gasteiger partial charge on any atom is -0.455 e. The third-order valence-electron chi connectivity index (χ3n) is 19.7. The maximum atomic E-state index is 9.85. The van der Waals surface area contributed by atoms with Gasteiger partial charge < -0.3 is 23.9 Å². The Balaban J connectivity index is 0.613. The average molecular weight is 1270 g/mol. The largest absolute Gasteiger partial charge is 0.488 e. The maximum absolute atomic E-state index is 9.85. The van der Waals surface area contributed by atoms with Crippen LogP contribution in [0, 0.1) is 0 Å². The summed E-state index contributed by atoms with van der Waals surface area (Å²) >= 11 is 0. The van der Waals surface area contributed by atoms with Crippen LogP contribution in [-0.2, 0) is 6.42 Å². The molecular weight excluding hydrogens is 1200 g/mol. The van der Waals surface area contributed by atoms with Gasteiger partial charge in [0, 0.05) is 61.3 Å². The molecule has 0 spiro atoms. The molecule has 1 aliphatic carbocycles. The first-order valence-electron chi connectivity index (χ1n) is 34.0. The van der Waals surface area contributed by atoms with Gasteiger partial charge in [0.25, 0.3) is 0 Å². The summed E-state index contributed by atoms with van der Waals surface area (Å²) in [6, 6.07) is 121. The molecular formula is C93H67BN2O3. The van der Waals surface area contributed by atoms with Gasteiger partial charge in [-0.3, -0.25) is 0 Å². The van der Waals surface area contributed by atoms with E-state index < -0.39 is 7.12 Å². The van der Waals surface area contributed by atoms with Gasteiger partial charge in [-0.15, -0.1) is 0 Å². The Morgan fingerprint density at radius 1 is 0.404 bits per heavy atom. The summed E-state index contributed by atoms with van der Waals surface area (Å²) in [7, 11) is -1.54. The number of hydrogen-bond acceptors (Lipinski definition) is 4. The third-order valence-corrected chi connectivity index (χ3v) is 19.7. The van der Waals surface area contributed by atoms with E-state index in [1.807, 2.05) is 18.2 Å². The second kappa shape index (κ2) is 26.4. The molecule has 2 N–H and O–H groups in total. The zero-order chi connectivity index (χ0) is 66.2. The summed E-state index contributed by atoms with van der Waals surface area (Å²) in [6.45, 7) is 0. The molecule has 6 heteroatoms. The lowest BCUT2D eigenvalue weighted by Crippen LogP contribution is -2.29. The Bertz CT molecular complexity index is 5680. The van der Waals surface area contributed by atoms with Gasteiger partial charge in [-0.25, -0.2) is 0 Å². The van der Waals surface area contributed by atoms with Crippen LogP contribution in [0.25, 0.3) is 122 Å². The fourth-order valence-corrected chi connectivity index (χ4v) is 14.5. The molecule has 1 aliphatic rings. The molecule has 470 valence electrons. The van der Waals surface area contributed by atoms with Crippen molar-refractivity contribution in [3.8, 4) is 72.4 Å². The van der Waals surface area contributed by atoms with Crippen molar-refractivity contribution in [3.05, 3.63) is 386 Å². The molecule has 16 aromatic rings. The van der Waals surface area contributed by atoms with E-state index in [1.54, 1.807) is 12.1 Å². The predicted octanol–water partition coefficient (Wildman–Crippen LogP) is 23.1. The van der Waals surface area contributed by atoms with Crippen LogP contribution in [-0.4, -0.2) is 21.7 Å². The first-order chi connectivity index (χ1) is 48.9. The molecule has 0 saturated carbocycles. The van der Waals surface area contributed by atoms with Gasteiger partial charge in [0.2, 0.25) is 0 Å². The number of anilines is 3. The SMILES string of the molecule is OB(O)c1ccc(N(c2ccc(-c3ccccc3)cc2)c2ccc(-c3ccc(-c4ccc(-c5ccc(C/C(=C/C6=CCC(c7ccccc7)C=C6)c6ccc(-c7cccc8c7oc7c(-c9ccc%10c(c9)c9ccccc9n%10-c9ccccc9)cccc78)cc6)cc5)cc4)cc3)cc2)cc1. The van der Waals surface area contributed by atoms with Gasteiger partial charge in [-0.2, -0.15) is 0 Å². The molecule has 0 saturated heterocycles. The van der Waals surface area contributed by atoms with Gasteiger partial charge in [-0.05, 0) is 169 Å². The van der Waals surface area contributed by atoms with Crippen molar-refractivity contribution in [2.24, 2.45) is 0 Å². The normalized spacial score (nSPS) is 13.1. The number of para-hydroxylation sites is 4. The first-order valence-corrected chi connectivity index (χ1v) is 34.0. The van der Waals surface area contributed by atoms with Crippen LogP contribution in [0.1, 0.15) is 29.0 Å². The van der Waals surface area contributed by atoms with Gasteiger partial charge in [0.15, 0.2) is 0 Å². The summed E-state index contributed by atoms with van der Waals surface area (Å²) in [6.07, 6.45) is 11.2. The van der Waals surface area contributed by atoms with Gasteiger partial charge in [0.1, 0.15) is 11.2 Å².